The largest absolute Gasteiger partial charge is 0.494 e. The third kappa shape index (κ3) is 6.16. The molecule has 1 atom stereocenters. The van der Waals surface area contributed by atoms with Crippen LogP contribution in [-0.2, 0) is 4.79 Å². The number of halogens is 2. The molecule has 0 spiro atoms. The van der Waals surface area contributed by atoms with Gasteiger partial charge in [-0.05, 0) is 55.7 Å². The van der Waals surface area contributed by atoms with Crippen molar-refractivity contribution in [2.75, 3.05) is 19.7 Å². The topological polar surface area (TPSA) is 65.1 Å². The summed E-state index contributed by atoms with van der Waals surface area (Å²) in [6, 6.07) is 12.6. The third-order valence-electron chi connectivity index (χ3n) is 4.89. The maximum absolute atomic E-state index is 12.9. The van der Waals surface area contributed by atoms with Crippen LogP contribution in [0.1, 0.15) is 36.5 Å². The van der Waals surface area contributed by atoms with E-state index in [9.17, 15) is 18.4 Å². The minimum Gasteiger partial charge on any atom is -0.494 e. The van der Waals surface area contributed by atoms with Gasteiger partial charge in [-0.15, -0.1) is 0 Å². The van der Waals surface area contributed by atoms with Crippen LogP contribution in [0.15, 0.2) is 48.5 Å². The molecule has 1 heterocycles. The van der Waals surface area contributed by atoms with Crippen molar-refractivity contribution >= 4 is 11.9 Å². The highest BCUT2D eigenvalue weighted by Gasteiger charge is 2.31. The van der Waals surface area contributed by atoms with E-state index in [4.69, 9.17) is 9.47 Å². The Kier molecular flexibility index (Phi) is 7.81. The number of hydrogen-bond donors (Lipinski definition) is 0. The minimum atomic E-state index is -3.03. The predicted molar refractivity (Wildman–Crippen MR) is 110 cm³/mol. The van der Waals surface area contributed by atoms with Crippen molar-refractivity contribution in [1.29, 1.82) is 0 Å². The Balaban J connectivity index is 1.62. The molecule has 8 heteroatoms. The van der Waals surface area contributed by atoms with Gasteiger partial charge in [0.25, 0.3) is 5.91 Å². The Hall–Kier alpha value is -3.16. The van der Waals surface area contributed by atoms with Crippen LogP contribution >= 0.6 is 0 Å². The molecule has 2 aromatic rings. The van der Waals surface area contributed by atoms with Crippen molar-refractivity contribution in [2.24, 2.45) is 5.92 Å². The first-order valence-electron chi connectivity index (χ1n) is 10.3. The molecule has 1 amide bonds. The number of benzene rings is 2. The number of alkyl halides is 2. The molecular weight excluding hydrogens is 408 g/mol. The predicted octanol–water partition coefficient (Wildman–Crippen LogP) is 4.53. The molecule has 0 aliphatic carbocycles. The number of carbonyl (C=O) groups is 2. The summed E-state index contributed by atoms with van der Waals surface area (Å²) in [5.74, 6) is -0.480. The number of rotatable bonds is 8. The zero-order valence-corrected chi connectivity index (χ0v) is 17.3. The maximum Gasteiger partial charge on any atom is 0.387 e. The van der Waals surface area contributed by atoms with Crippen LogP contribution in [0, 0.1) is 5.92 Å². The van der Waals surface area contributed by atoms with Crippen molar-refractivity contribution in [1.82, 2.24) is 4.90 Å². The second-order valence-corrected chi connectivity index (χ2v) is 7.21. The normalized spacial score (nSPS) is 16.1. The first-order valence-corrected chi connectivity index (χ1v) is 10.3. The van der Waals surface area contributed by atoms with E-state index in [0.717, 1.165) is 6.42 Å². The second kappa shape index (κ2) is 10.7. The van der Waals surface area contributed by atoms with E-state index < -0.39 is 24.4 Å². The number of likely N-dealkylation sites (tertiary alicyclic amines) is 1. The van der Waals surface area contributed by atoms with Crippen molar-refractivity contribution in [2.45, 2.75) is 32.8 Å². The lowest BCUT2D eigenvalue weighted by molar-refractivity contribution is -0.140. The number of ether oxygens (including phenoxy) is 3. The van der Waals surface area contributed by atoms with Crippen molar-refractivity contribution in [3.63, 3.8) is 0 Å². The molecule has 1 unspecified atom stereocenters. The van der Waals surface area contributed by atoms with Crippen LogP contribution in [0.25, 0.3) is 0 Å². The summed E-state index contributed by atoms with van der Waals surface area (Å²) in [5, 5.41) is 0. The van der Waals surface area contributed by atoms with E-state index in [1.54, 1.807) is 30.3 Å². The second-order valence-electron chi connectivity index (χ2n) is 7.21. The van der Waals surface area contributed by atoms with Crippen LogP contribution in [0.2, 0.25) is 0 Å². The van der Waals surface area contributed by atoms with Gasteiger partial charge >= 0.3 is 12.6 Å². The lowest BCUT2D eigenvalue weighted by atomic mass is 9.97. The lowest BCUT2D eigenvalue weighted by Crippen LogP contribution is -2.43. The number of carbonyl (C=O) groups excluding carboxylic acids is 2. The van der Waals surface area contributed by atoms with Gasteiger partial charge in [0, 0.05) is 13.1 Å². The molecule has 166 valence electrons. The summed E-state index contributed by atoms with van der Waals surface area (Å²) in [5.41, 5.74) is 0.0412. The molecule has 2 aromatic carbocycles. The Labute approximate surface area is 179 Å². The van der Waals surface area contributed by atoms with Crippen LogP contribution in [0.3, 0.4) is 0 Å². The van der Waals surface area contributed by atoms with Crippen LogP contribution in [0.4, 0.5) is 8.78 Å². The summed E-state index contributed by atoms with van der Waals surface area (Å²) < 4.78 is 40.7. The summed E-state index contributed by atoms with van der Waals surface area (Å²) in [4.78, 5) is 27.0. The molecule has 0 radical (unpaired) electrons. The van der Waals surface area contributed by atoms with Crippen LogP contribution < -0.4 is 14.2 Å². The van der Waals surface area contributed by atoms with Gasteiger partial charge in [-0.1, -0.05) is 19.1 Å². The minimum absolute atomic E-state index is 0.0412. The molecule has 1 fully saturated rings. The first kappa shape index (κ1) is 22.5. The zero-order valence-electron chi connectivity index (χ0n) is 17.3. The SMILES string of the molecule is CCCOc1ccc(OC(=O)C2CCCN(C(=O)c3ccccc3OC(F)F)C2)cc1. The van der Waals surface area contributed by atoms with E-state index in [-0.39, 0.29) is 17.9 Å². The Morgan fingerprint density at radius 2 is 1.81 bits per heavy atom. The van der Waals surface area contributed by atoms with Gasteiger partial charge in [-0.2, -0.15) is 8.78 Å². The smallest absolute Gasteiger partial charge is 0.387 e. The fraction of sp³-hybridized carbons (Fsp3) is 0.391. The summed E-state index contributed by atoms with van der Waals surface area (Å²) >= 11 is 0. The Bertz CT molecular complexity index is 888. The van der Waals surface area contributed by atoms with Gasteiger partial charge in [0.05, 0.1) is 18.1 Å². The number of amides is 1. The molecule has 6 nitrogen and oxygen atoms in total. The molecule has 31 heavy (non-hydrogen) atoms. The fourth-order valence-electron chi connectivity index (χ4n) is 3.39. The Morgan fingerprint density at radius 1 is 1.10 bits per heavy atom. The highest BCUT2D eigenvalue weighted by atomic mass is 19.3. The van der Waals surface area contributed by atoms with Crippen LogP contribution in [-0.4, -0.2) is 43.1 Å². The van der Waals surface area contributed by atoms with Gasteiger partial charge < -0.3 is 19.1 Å². The lowest BCUT2D eigenvalue weighted by Gasteiger charge is -2.32. The highest BCUT2D eigenvalue weighted by Crippen LogP contribution is 2.26. The first-order chi connectivity index (χ1) is 15.0. The number of piperidine rings is 1. The van der Waals surface area contributed by atoms with E-state index >= 15 is 0 Å². The van der Waals surface area contributed by atoms with Gasteiger partial charge in [0.15, 0.2) is 0 Å². The number of nitrogens with zero attached hydrogens (tertiary/aromatic N) is 1. The molecule has 1 aliphatic heterocycles. The number of hydrogen-bond acceptors (Lipinski definition) is 5. The van der Waals surface area contributed by atoms with Gasteiger partial charge in [0.1, 0.15) is 17.2 Å². The molecular formula is C23H25F2NO5. The van der Waals surface area contributed by atoms with Crippen molar-refractivity contribution < 1.29 is 32.6 Å². The van der Waals surface area contributed by atoms with Gasteiger partial charge in [-0.25, -0.2) is 0 Å². The van der Waals surface area contributed by atoms with E-state index in [0.29, 0.717) is 37.5 Å². The summed E-state index contributed by atoms with van der Waals surface area (Å²) in [6.45, 7) is 0.166. The van der Waals surface area contributed by atoms with Crippen molar-refractivity contribution in [3.05, 3.63) is 54.1 Å². The molecule has 1 aliphatic rings. The quantitative estimate of drug-likeness (QED) is 0.452. The molecule has 0 aromatic heterocycles. The molecule has 3 rings (SSSR count). The number of esters is 1. The average Bonchev–Trinajstić information content (AvgIpc) is 2.78. The van der Waals surface area contributed by atoms with Gasteiger partial charge in [0.2, 0.25) is 0 Å². The Morgan fingerprint density at radius 3 is 2.52 bits per heavy atom. The van der Waals surface area contributed by atoms with E-state index in [1.165, 1.54) is 23.1 Å². The molecule has 0 bridgehead atoms. The monoisotopic (exact) mass is 433 g/mol. The third-order valence-corrected chi connectivity index (χ3v) is 4.89. The molecule has 1 saturated heterocycles. The maximum atomic E-state index is 12.9. The molecule has 0 N–H and O–H groups in total. The van der Waals surface area contributed by atoms with E-state index in [1.807, 2.05) is 6.92 Å². The number of para-hydroxylation sites is 1. The highest BCUT2D eigenvalue weighted by molar-refractivity contribution is 5.97. The van der Waals surface area contributed by atoms with E-state index in [2.05, 4.69) is 4.74 Å². The average molecular weight is 433 g/mol. The fourth-order valence-corrected chi connectivity index (χ4v) is 3.39. The van der Waals surface area contributed by atoms with Gasteiger partial charge in [-0.3, -0.25) is 9.59 Å². The summed E-state index contributed by atoms with van der Waals surface area (Å²) in [7, 11) is 0. The standard InChI is InChI=1S/C23H25F2NO5/c1-2-14-29-17-9-11-18(12-10-17)30-22(28)16-6-5-13-26(15-16)21(27)19-7-3-4-8-20(19)31-23(24)25/h3-4,7-12,16,23H,2,5-6,13-15H2,1H3. The van der Waals surface area contributed by atoms with Crippen molar-refractivity contribution in [3.8, 4) is 17.2 Å². The van der Waals surface area contributed by atoms with Crippen LogP contribution in [0.5, 0.6) is 17.2 Å². The molecule has 0 saturated carbocycles. The zero-order chi connectivity index (χ0) is 22.2. The summed E-state index contributed by atoms with van der Waals surface area (Å²) in [6.07, 6.45) is 2.08.